The maximum absolute atomic E-state index is 12.9. The first-order valence-corrected chi connectivity index (χ1v) is 12.5. The van der Waals surface area contributed by atoms with Gasteiger partial charge in [0, 0.05) is 5.69 Å². The standard InChI is InChI=1S/C22H22N2O5S2/c1-15-4-3-5-19(10-15)23-30(25,26)21-8-6-16(2)22(12-21)24-31(27,28)20-9-7-17-13-29-14-18(17)11-20/h3-12,23-24H,13-14H2,1-2H3. The van der Waals surface area contributed by atoms with Crippen LogP contribution in [0.5, 0.6) is 0 Å². The lowest BCUT2D eigenvalue weighted by molar-refractivity contribution is 0.134. The normalized spacial score (nSPS) is 13.6. The number of hydrogen-bond acceptors (Lipinski definition) is 5. The van der Waals surface area contributed by atoms with Gasteiger partial charge in [-0.1, -0.05) is 24.3 Å². The van der Waals surface area contributed by atoms with Gasteiger partial charge in [-0.3, -0.25) is 9.44 Å². The van der Waals surface area contributed by atoms with Gasteiger partial charge in [0.1, 0.15) is 0 Å². The number of nitrogens with one attached hydrogen (secondary N) is 2. The highest BCUT2D eigenvalue weighted by Crippen LogP contribution is 2.27. The fourth-order valence-corrected chi connectivity index (χ4v) is 5.57. The molecule has 0 amide bonds. The van der Waals surface area contributed by atoms with Gasteiger partial charge in [-0.25, -0.2) is 16.8 Å². The minimum Gasteiger partial charge on any atom is -0.372 e. The zero-order chi connectivity index (χ0) is 22.2. The molecule has 0 unspecified atom stereocenters. The van der Waals surface area contributed by atoms with E-state index in [1.807, 2.05) is 13.0 Å². The molecule has 1 aliphatic rings. The van der Waals surface area contributed by atoms with E-state index in [2.05, 4.69) is 9.44 Å². The number of sulfonamides is 2. The molecule has 4 rings (SSSR count). The summed E-state index contributed by atoms with van der Waals surface area (Å²) in [5, 5.41) is 0. The summed E-state index contributed by atoms with van der Waals surface area (Å²) in [7, 11) is -7.80. The topological polar surface area (TPSA) is 102 Å². The fourth-order valence-electron chi connectivity index (χ4n) is 3.32. The molecule has 3 aromatic carbocycles. The van der Waals surface area contributed by atoms with E-state index in [0.717, 1.165) is 16.7 Å². The second-order valence-corrected chi connectivity index (χ2v) is 10.8. The van der Waals surface area contributed by atoms with Gasteiger partial charge in [-0.2, -0.15) is 0 Å². The number of anilines is 2. The molecule has 7 nitrogen and oxygen atoms in total. The van der Waals surface area contributed by atoms with E-state index in [-0.39, 0.29) is 15.5 Å². The number of fused-ring (bicyclic) bond motifs is 1. The van der Waals surface area contributed by atoms with Crippen LogP contribution in [0.4, 0.5) is 11.4 Å². The van der Waals surface area contributed by atoms with Crippen molar-refractivity contribution in [1.29, 1.82) is 0 Å². The van der Waals surface area contributed by atoms with Gasteiger partial charge >= 0.3 is 0 Å². The van der Waals surface area contributed by atoms with Gasteiger partial charge in [0.05, 0.1) is 28.7 Å². The van der Waals surface area contributed by atoms with Crippen molar-refractivity contribution in [3.05, 3.63) is 82.9 Å². The predicted octanol–water partition coefficient (Wildman–Crippen LogP) is 3.94. The number of hydrogen-bond donors (Lipinski definition) is 2. The van der Waals surface area contributed by atoms with Crippen molar-refractivity contribution in [3.8, 4) is 0 Å². The fraction of sp³-hybridized carbons (Fsp3) is 0.182. The summed E-state index contributed by atoms with van der Waals surface area (Å²) in [6.07, 6.45) is 0. The van der Waals surface area contributed by atoms with Crippen molar-refractivity contribution in [2.75, 3.05) is 9.44 Å². The van der Waals surface area contributed by atoms with E-state index < -0.39 is 20.0 Å². The van der Waals surface area contributed by atoms with Crippen molar-refractivity contribution in [3.63, 3.8) is 0 Å². The molecule has 0 saturated carbocycles. The Hall–Kier alpha value is -2.88. The second-order valence-electron chi connectivity index (χ2n) is 7.48. The van der Waals surface area contributed by atoms with Gasteiger partial charge in [-0.15, -0.1) is 0 Å². The monoisotopic (exact) mass is 458 g/mol. The summed E-state index contributed by atoms with van der Waals surface area (Å²) in [6.45, 7) is 4.41. The maximum Gasteiger partial charge on any atom is 0.261 e. The average Bonchev–Trinajstić information content (AvgIpc) is 3.17. The number of aryl methyl sites for hydroxylation is 2. The first kappa shape index (κ1) is 21.4. The molecule has 0 fully saturated rings. The highest BCUT2D eigenvalue weighted by molar-refractivity contribution is 7.93. The van der Waals surface area contributed by atoms with Crippen molar-refractivity contribution < 1.29 is 21.6 Å². The Morgan fingerprint density at radius 3 is 2.19 bits per heavy atom. The lowest BCUT2D eigenvalue weighted by Crippen LogP contribution is -2.16. The van der Waals surface area contributed by atoms with Gasteiger partial charge in [0.2, 0.25) is 0 Å². The van der Waals surface area contributed by atoms with E-state index in [4.69, 9.17) is 4.74 Å². The average molecular weight is 459 g/mol. The number of rotatable bonds is 6. The summed E-state index contributed by atoms with van der Waals surface area (Å²) in [5.41, 5.74) is 3.94. The molecule has 0 radical (unpaired) electrons. The third kappa shape index (κ3) is 4.58. The van der Waals surface area contributed by atoms with E-state index >= 15 is 0 Å². The van der Waals surface area contributed by atoms with Crippen LogP contribution < -0.4 is 9.44 Å². The molecule has 0 aromatic heterocycles. The van der Waals surface area contributed by atoms with Crippen molar-refractivity contribution in [2.45, 2.75) is 36.9 Å². The zero-order valence-electron chi connectivity index (χ0n) is 17.0. The van der Waals surface area contributed by atoms with Crippen LogP contribution in [0.2, 0.25) is 0 Å². The molecule has 1 heterocycles. The Morgan fingerprint density at radius 2 is 1.42 bits per heavy atom. The molecule has 0 spiro atoms. The highest BCUT2D eigenvalue weighted by Gasteiger charge is 2.21. The Kier molecular flexibility index (Phi) is 5.50. The van der Waals surface area contributed by atoms with Gasteiger partial charge in [0.15, 0.2) is 0 Å². The molecule has 3 aromatic rings. The molecule has 162 valence electrons. The largest absolute Gasteiger partial charge is 0.372 e. The number of benzene rings is 3. The molecule has 0 saturated heterocycles. The van der Waals surface area contributed by atoms with Gasteiger partial charge < -0.3 is 4.74 Å². The summed E-state index contributed by atoms with van der Waals surface area (Å²) in [5.74, 6) is 0. The van der Waals surface area contributed by atoms with Crippen LogP contribution in [0.3, 0.4) is 0 Å². The predicted molar refractivity (Wildman–Crippen MR) is 119 cm³/mol. The molecular formula is C22H22N2O5S2. The van der Waals surface area contributed by atoms with Crippen molar-refractivity contribution in [2.24, 2.45) is 0 Å². The highest BCUT2D eigenvalue weighted by atomic mass is 32.2. The van der Waals surface area contributed by atoms with Crippen molar-refractivity contribution in [1.82, 2.24) is 0 Å². The molecule has 31 heavy (non-hydrogen) atoms. The zero-order valence-corrected chi connectivity index (χ0v) is 18.7. The van der Waals surface area contributed by atoms with Crippen LogP contribution in [0.1, 0.15) is 22.3 Å². The minimum absolute atomic E-state index is 0.0420. The first-order valence-electron chi connectivity index (χ1n) is 9.57. The molecule has 0 atom stereocenters. The van der Waals surface area contributed by atoms with Crippen molar-refractivity contribution >= 4 is 31.4 Å². The van der Waals surface area contributed by atoms with Crippen LogP contribution in [-0.4, -0.2) is 16.8 Å². The Balaban J connectivity index is 1.63. The Bertz CT molecular complexity index is 1370. The van der Waals surface area contributed by atoms with E-state index in [1.165, 1.54) is 18.2 Å². The summed E-state index contributed by atoms with van der Waals surface area (Å²) in [6, 6.07) is 16.2. The van der Waals surface area contributed by atoms with Crippen LogP contribution in [-0.2, 0) is 38.0 Å². The van der Waals surface area contributed by atoms with E-state index in [0.29, 0.717) is 24.5 Å². The second kappa shape index (κ2) is 7.99. The summed E-state index contributed by atoms with van der Waals surface area (Å²) in [4.78, 5) is 0.0574. The molecule has 9 heteroatoms. The van der Waals surface area contributed by atoms with E-state index in [1.54, 1.807) is 43.3 Å². The molecule has 1 aliphatic heterocycles. The third-order valence-corrected chi connectivity index (χ3v) is 7.78. The van der Waals surface area contributed by atoms with Crippen LogP contribution >= 0.6 is 0 Å². The lowest BCUT2D eigenvalue weighted by atomic mass is 10.1. The maximum atomic E-state index is 12.9. The minimum atomic E-state index is -3.90. The lowest BCUT2D eigenvalue weighted by Gasteiger charge is -2.14. The smallest absolute Gasteiger partial charge is 0.261 e. The number of ether oxygens (including phenoxy) is 1. The Morgan fingerprint density at radius 1 is 0.742 bits per heavy atom. The molecule has 2 N–H and O–H groups in total. The van der Waals surface area contributed by atoms with Crippen LogP contribution in [0, 0.1) is 13.8 Å². The Labute approximate surface area is 182 Å². The summed E-state index contributed by atoms with van der Waals surface area (Å²) < 4.78 is 61.9. The molecule has 0 aliphatic carbocycles. The summed E-state index contributed by atoms with van der Waals surface area (Å²) >= 11 is 0. The van der Waals surface area contributed by atoms with Gasteiger partial charge in [0.25, 0.3) is 20.0 Å². The first-order chi connectivity index (χ1) is 14.6. The van der Waals surface area contributed by atoms with Gasteiger partial charge in [-0.05, 0) is 72.5 Å². The quantitative estimate of drug-likeness (QED) is 0.583. The van der Waals surface area contributed by atoms with Crippen LogP contribution in [0.15, 0.2) is 70.5 Å². The molecular weight excluding hydrogens is 436 g/mol. The van der Waals surface area contributed by atoms with E-state index in [9.17, 15) is 16.8 Å². The third-order valence-electron chi connectivity index (χ3n) is 5.04. The molecule has 0 bridgehead atoms. The SMILES string of the molecule is Cc1cccc(NS(=O)(=O)c2ccc(C)c(NS(=O)(=O)c3ccc4c(c3)COC4)c2)c1. The van der Waals surface area contributed by atoms with Crippen LogP contribution in [0.25, 0.3) is 0 Å².